The molecule has 2 aromatic rings. The first-order valence-electron chi connectivity index (χ1n) is 7.51. The molecular formula is C17H15Br2N3O3S. The maximum Gasteiger partial charge on any atom is 0.270 e. The first-order chi connectivity index (χ1) is 12.4. The van der Waals surface area contributed by atoms with Crippen molar-refractivity contribution in [2.45, 2.75) is 6.92 Å². The van der Waals surface area contributed by atoms with Crippen LogP contribution in [0.4, 0.5) is 0 Å². The molecule has 0 aromatic heterocycles. The van der Waals surface area contributed by atoms with Gasteiger partial charge < -0.3 is 4.74 Å². The van der Waals surface area contributed by atoms with Crippen LogP contribution in [0.3, 0.4) is 0 Å². The van der Waals surface area contributed by atoms with Gasteiger partial charge in [0.25, 0.3) is 11.8 Å². The second-order valence-corrected chi connectivity index (χ2v) is 7.04. The van der Waals surface area contributed by atoms with E-state index in [0.717, 1.165) is 0 Å². The van der Waals surface area contributed by atoms with Crippen molar-refractivity contribution in [2.24, 2.45) is 0 Å². The Labute approximate surface area is 172 Å². The normalized spacial score (nSPS) is 9.96. The zero-order chi connectivity index (χ0) is 19.1. The first-order valence-corrected chi connectivity index (χ1v) is 9.50. The van der Waals surface area contributed by atoms with Crippen LogP contribution < -0.4 is 20.9 Å². The molecule has 0 saturated carbocycles. The van der Waals surface area contributed by atoms with Crippen LogP contribution in [-0.4, -0.2) is 23.5 Å². The lowest BCUT2D eigenvalue weighted by Gasteiger charge is -2.12. The Bertz CT molecular complexity index is 846. The average Bonchev–Trinajstić information content (AvgIpc) is 2.62. The summed E-state index contributed by atoms with van der Waals surface area (Å²) in [5.41, 5.74) is 5.75. The number of hydrogen-bond donors (Lipinski definition) is 3. The number of carbonyl (C=O) groups is 2. The SMILES string of the molecule is CCOc1ccc(C(=O)NC(=S)NNC(=O)c2ccccc2Br)cc1Br. The Hall–Kier alpha value is -1.97. The summed E-state index contributed by atoms with van der Waals surface area (Å²) in [6.07, 6.45) is 0. The predicted molar refractivity (Wildman–Crippen MR) is 110 cm³/mol. The van der Waals surface area contributed by atoms with Crippen LogP contribution in [-0.2, 0) is 0 Å². The third kappa shape index (κ3) is 5.52. The molecule has 0 heterocycles. The number of hydrogen-bond acceptors (Lipinski definition) is 4. The number of benzene rings is 2. The minimum atomic E-state index is -0.415. The molecule has 2 aromatic carbocycles. The van der Waals surface area contributed by atoms with E-state index in [0.29, 0.717) is 32.4 Å². The lowest BCUT2D eigenvalue weighted by molar-refractivity contribution is 0.0934. The molecule has 0 fully saturated rings. The summed E-state index contributed by atoms with van der Waals surface area (Å²) >= 11 is 11.7. The Morgan fingerprint density at radius 2 is 1.77 bits per heavy atom. The molecule has 0 atom stereocenters. The molecule has 2 rings (SSSR count). The van der Waals surface area contributed by atoms with Crippen molar-refractivity contribution >= 4 is 61.0 Å². The van der Waals surface area contributed by atoms with Gasteiger partial charge in [-0.3, -0.25) is 25.8 Å². The second-order valence-electron chi connectivity index (χ2n) is 4.92. The summed E-state index contributed by atoms with van der Waals surface area (Å²) in [6, 6.07) is 11.9. The smallest absolute Gasteiger partial charge is 0.270 e. The van der Waals surface area contributed by atoms with Crippen LogP contribution in [0.25, 0.3) is 0 Å². The first kappa shape index (κ1) is 20.3. The number of carbonyl (C=O) groups excluding carboxylic acids is 2. The van der Waals surface area contributed by atoms with E-state index in [4.69, 9.17) is 17.0 Å². The summed E-state index contributed by atoms with van der Waals surface area (Å²) in [6.45, 7) is 2.40. The maximum atomic E-state index is 12.2. The van der Waals surface area contributed by atoms with Gasteiger partial charge in [0.15, 0.2) is 5.11 Å². The lowest BCUT2D eigenvalue weighted by Crippen LogP contribution is -2.48. The molecule has 0 bridgehead atoms. The largest absolute Gasteiger partial charge is 0.493 e. The van der Waals surface area contributed by atoms with E-state index in [1.165, 1.54) is 0 Å². The second kappa shape index (κ2) is 9.65. The Morgan fingerprint density at radius 1 is 1.04 bits per heavy atom. The number of hydrazine groups is 1. The Morgan fingerprint density at radius 3 is 2.42 bits per heavy atom. The van der Waals surface area contributed by atoms with E-state index >= 15 is 0 Å². The van der Waals surface area contributed by atoms with Gasteiger partial charge in [-0.2, -0.15) is 0 Å². The molecule has 0 spiro atoms. The monoisotopic (exact) mass is 499 g/mol. The highest BCUT2D eigenvalue weighted by atomic mass is 79.9. The highest BCUT2D eigenvalue weighted by molar-refractivity contribution is 9.10. The van der Waals surface area contributed by atoms with E-state index in [-0.39, 0.29) is 5.11 Å². The number of halogens is 2. The summed E-state index contributed by atoms with van der Waals surface area (Å²) < 4.78 is 6.71. The van der Waals surface area contributed by atoms with E-state index in [1.54, 1.807) is 42.5 Å². The van der Waals surface area contributed by atoms with Gasteiger partial charge in [0, 0.05) is 10.0 Å². The Kier molecular flexibility index (Phi) is 7.55. The van der Waals surface area contributed by atoms with Crippen LogP contribution in [0.5, 0.6) is 5.75 Å². The molecule has 0 aliphatic rings. The van der Waals surface area contributed by atoms with Crippen molar-refractivity contribution in [1.29, 1.82) is 0 Å². The quantitative estimate of drug-likeness (QED) is 0.442. The summed E-state index contributed by atoms with van der Waals surface area (Å²) in [7, 11) is 0. The molecule has 2 amide bonds. The van der Waals surface area contributed by atoms with Gasteiger partial charge >= 0.3 is 0 Å². The van der Waals surface area contributed by atoms with Crippen LogP contribution in [0.15, 0.2) is 51.4 Å². The number of ether oxygens (including phenoxy) is 1. The van der Waals surface area contributed by atoms with Gasteiger partial charge in [-0.05, 0) is 81.3 Å². The number of thiocarbonyl (C=S) groups is 1. The van der Waals surface area contributed by atoms with Crippen LogP contribution in [0.2, 0.25) is 0 Å². The van der Waals surface area contributed by atoms with E-state index in [1.807, 2.05) is 6.92 Å². The van der Waals surface area contributed by atoms with Gasteiger partial charge in [0.1, 0.15) is 5.75 Å². The molecule has 3 N–H and O–H groups in total. The molecule has 0 radical (unpaired) electrons. The minimum absolute atomic E-state index is 0.0274. The summed E-state index contributed by atoms with van der Waals surface area (Å²) in [5, 5.41) is 2.46. The van der Waals surface area contributed by atoms with E-state index < -0.39 is 11.8 Å². The van der Waals surface area contributed by atoms with Crippen LogP contribution >= 0.6 is 44.1 Å². The maximum absolute atomic E-state index is 12.2. The van der Waals surface area contributed by atoms with Crippen molar-refractivity contribution in [3.8, 4) is 5.75 Å². The van der Waals surface area contributed by atoms with Crippen LogP contribution in [0, 0.1) is 0 Å². The molecule has 9 heteroatoms. The molecule has 0 saturated heterocycles. The van der Waals surface area contributed by atoms with Gasteiger partial charge in [0.05, 0.1) is 16.6 Å². The Balaban J connectivity index is 1.91. The molecule has 0 aliphatic carbocycles. The van der Waals surface area contributed by atoms with Gasteiger partial charge in [-0.15, -0.1) is 0 Å². The standard InChI is InChI=1S/C17H15Br2N3O3S/c1-2-25-14-8-7-10(9-13(14)19)15(23)20-17(26)22-21-16(24)11-5-3-4-6-12(11)18/h3-9H,2H2,1H3,(H,21,24)(H2,20,22,23,26). The third-order valence-corrected chi connectivity index (χ3v) is 4.64. The summed E-state index contributed by atoms with van der Waals surface area (Å²) in [5.74, 6) is -0.162. The lowest BCUT2D eigenvalue weighted by atomic mass is 10.2. The molecule has 26 heavy (non-hydrogen) atoms. The van der Waals surface area contributed by atoms with E-state index in [9.17, 15) is 9.59 Å². The average molecular weight is 501 g/mol. The zero-order valence-electron chi connectivity index (χ0n) is 13.6. The van der Waals surface area contributed by atoms with Crippen molar-refractivity contribution in [3.63, 3.8) is 0 Å². The fourth-order valence-corrected chi connectivity index (χ4v) is 3.05. The minimum Gasteiger partial charge on any atom is -0.493 e. The fraction of sp³-hybridized carbons (Fsp3) is 0.118. The number of rotatable bonds is 4. The van der Waals surface area contributed by atoms with Gasteiger partial charge in [-0.1, -0.05) is 12.1 Å². The van der Waals surface area contributed by atoms with Gasteiger partial charge in [-0.25, -0.2) is 0 Å². The predicted octanol–water partition coefficient (Wildman–Crippen LogP) is 3.56. The highest BCUT2D eigenvalue weighted by Gasteiger charge is 2.12. The molecule has 136 valence electrons. The van der Waals surface area contributed by atoms with Gasteiger partial charge in [0.2, 0.25) is 0 Å². The third-order valence-electron chi connectivity index (χ3n) is 3.13. The fourth-order valence-electron chi connectivity index (χ4n) is 1.95. The topological polar surface area (TPSA) is 79.5 Å². The number of nitrogens with one attached hydrogen (secondary N) is 3. The van der Waals surface area contributed by atoms with Crippen molar-refractivity contribution < 1.29 is 14.3 Å². The van der Waals surface area contributed by atoms with Crippen molar-refractivity contribution in [3.05, 3.63) is 62.5 Å². The summed E-state index contributed by atoms with van der Waals surface area (Å²) in [4.78, 5) is 24.3. The zero-order valence-corrected chi connectivity index (χ0v) is 17.6. The molecule has 0 unspecified atom stereocenters. The molecule has 0 aliphatic heterocycles. The molecular weight excluding hydrogens is 486 g/mol. The molecule has 6 nitrogen and oxygen atoms in total. The van der Waals surface area contributed by atoms with Crippen LogP contribution in [0.1, 0.15) is 27.6 Å². The highest BCUT2D eigenvalue weighted by Crippen LogP contribution is 2.25. The van der Waals surface area contributed by atoms with Crippen molar-refractivity contribution in [1.82, 2.24) is 16.2 Å². The van der Waals surface area contributed by atoms with E-state index in [2.05, 4.69) is 48.0 Å². The van der Waals surface area contributed by atoms with Crippen molar-refractivity contribution in [2.75, 3.05) is 6.61 Å². The number of amides is 2.